The van der Waals surface area contributed by atoms with E-state index in [1.807, 2.05) is 6.07 Å². The van der Waals surface area contributed by atoms with Crippen LogP contribution in [-0.4, -0.2) is 33.1 Å². The molecular weight excluding hydrogens is 451 g/mol. The number of halogens is 3. The minimum absolute atomic E-state index is 0.132. The number of anilines is 1. The molecule has 2 aromatic carbocycles. The Hall–Kier alpha value is -3.88. The average molecular weight is 471 g/mol. The van der Waals surface area contributed by atoms with Gasteiger partial charge in [0.2, 0.25) is 0 Å². The molecule has 8 nitrogen and oxygen atoms in total. The number of nitrogens with zero attached hydrogens (tertiary/aromatic N) is 4. The molecule has 1 atom stereocenters. The van der Waals surface area contributed by atoms with Crippen LogP contribution < -0.4 is 5.32 Å². The SMILES string of the molecule is CN(O)C(C1=C(Nc2cccc(C(F)(F)F)c2)CCC1=O)c1ccc(C#N)cc1-c1nn(C)o1. The lowest BCUT2D eigenvalue weighted by atomic mass is 9.91. The van der Waals surface area contributed by atoms with Gasteiger partial charge in [0.1, 0.15) is 0 Å². The summed E-state index contributed by atoms with van der Waals surface area (Å²) in [6.07, 6.45) is -4.12. The number of carbonyl (C=O) groups is 1. The number of Topliss-reactive ketones (excluding diaryl/α,β-unsaturated/α-hetero) is 1. The van der Waals surface area contributed by atoms with E-state index in [0.29, 0.717) is 22.4 Å². The van der Waals surface area contributed by atoms with E-state index in [1.54, 1.807) is 13.1 Å². The topological polar surface area (TPSA) is 107 Å². The van der Waals surface area contributed by atoms with Crippen LogP contribution in [0.15, 0.2) is 58.3 Å². The Morgan fingerprint density at radius 2 is 2.00 bits per heavy atom. The zero-order valence-corrected chi connectivity index (χ0v) is 18.2. The smallest absolute Gasteiger partial charge is 0.358 e. The largest absolute Gasteiger partial charge is 0.416 e. The first-order valence-electron chi connectivity index (χ1n) is 10.3. The Bertz CT molecular complexity index is 1300. The number of aromatic nitrogens is 2. The molecule has 1 aromatic heterocycles. The second kappa shape index (κ2) is 8.81. The molecule has 0 fully saturated rings. The number of rotatable bonds is 6. The molecule has 2 N–H and O–H groups in total. The number of nitriles is 1. The average Bonchev–Trinajstić information content (AvgIpc) is 3.11. The van der Waals surface area contributed by atoms with Crippen molar-refractivity contribution in [3.05, 3.63) is 70.4 Å². The van der Waals surface area contributed by atoms with Gasteiger partial charge in [0.15, 0.2) is 5.78 Å². The Labute approximate surface area is 192 Å². The summed E-state index contributed by atoms with van der Waals surface area (Å²) in [6.45, 7) is 0. The van der Waals surface area contributed by atoms with E-state index < -0.39 is 17.8 Å². The summed E-state index contributed by atoms with van der Waals surface area (Å²) in [5.74, 6) is -0.0517. The molecule has 0 spiro atoms. The summed E-state index contributed by atoms with van der Waals surface area (Å²) in [7, 11) is 2.94. The molecule has 1 aliphatic carbocycles. The third kappa shape index (κ3) is 4.46. The number of allylic oxidation sites excluding steroid dienone is 1. The highest BCUT2D eigenvalue weighted by atomic mass is 19.4. The maximum Gasteiger partial charge on any atom is 0.416 e. The van der Waals surface area contributed by atoms with Gasteiger partial charge in [0, 0.05) is 36.0 Å². The van der Waals surface area contributed by atoms with Gasteiger partial charge in [-0.15, -0.1) is 4.85 Å². The summed E-state index contributed by atoms with van der Waals surface area (Å²) in [5, 5.41) is 27.8. The highest BCUT2D eigenvalue weighted by Gasteiger charge is 2.36. The number of ketones is 1. The second-order valence-corrected chi connectivity index (χ2v) is 7.87. The Balaban J connectivity index is 1.81. The standard InChI is InChI=1S/C23H20F3N5O3/c1-30(33)21(16-7-6-13(12-27)10-17(16)22-29-31(2)34-22)20-18(8-9-19(20)32)28-15-5-3-4-14(11-15)23(24,25)26/h3-7,10-11,21,28,33H,8-9H2,1-2H3. The van der Waals surface area contributed by atoms with Crippen LogP contribution in [0.5, 0.6) is 0 Å². The highest BCUT2D eigenvalue weighted by Crippen LogP contribution is 2.41. The van der Waals surface area contributed by atoms with E-state index in [0.717, 1.165) is 17.2 Å². The van der Waals surface area contributed by atoms with E-state index in [4.69, 9.17) is 4.52 Å². The van der Waals surface area contributed by atoms with Crippen LogP contribution in [-0.2, 0) is 18.0 Å². The molecule has 3 aromatic rings. The molecule has 11 heteroatoms. The molecule has 0 amide bonds. The number of benzene rings is 2. The van der Waals surface area contributed by atoms with Crippen LogP contribution in [0.4, 0.5) is 18.9 Å². The highest BCUT2D eigenvalue weighted by molar-refractivity contribution is 6.01. The van der Waals surface area contributed by atoms with Crippen molar-refractivity contribution in [2.45, 2.75) is 25.1 Å². The maximum absolute atomic E-state index is 13.1. The number of hydrogen-bond acceptors (Lipinski definition) is 7. The molecular formula is C23H20F3N5O3. The molecule has 0 saturated heterocycles. The van der Waals surface area contributed by atoms with E-state index >= 15 is 0 Å². The number of aryl methyl sites for hydroxylation is 1. The lowest BCUT2D eigenvalue weighted by Gasteiger charge is -2.27. The van der Waals surface area contributed by atoms with Crippen LogP contribution >= 0.6 is 0 Å². The van der Waals surface area contributed by atoms with Crippen molar-refractivity contribution in [3.8, 4) is 17.5 Å². The van der Waals surface area contributed by atoms with Crippen molar-refractivity contribution >= 4 is 11.5 Å². The summed E-state index contributed by atoms with van der Waals surface area (Å²) in [5.41, 5.74) is 1.15. The van der Waals surface area contributed by atoms with Crippen LogP contribution in [0.3, 0.4) is 0 Å². The summed E-state index contributed by atoms with van der Waals surface area (Å²) in [6, 6.07) is 10.4. The van der Waals surface area contributed by atoms with Gasteiger partial charge in [0.05, 0.1) is 30.3 Å². The van der Waals surface area contributed by atoms with Gasteiger partial charge < -0.3 is 15.0 Å². The first-order chi connectivity index (χ1) is 16.1. The third-order valence-corrected chi connectivity index (χ3v) is 5.52. The number of alkyl halides is 3. The van der Waals surface area contributed by atoms with Gasteiger partial charge in [-0.3, -0.25) is 4.79 Å². The molecule has 0 radical (unpaired) electrons. The minimum Gasteiger partial charge on any atom is -0.358 e. The fourth-order valence-corrected chi connectivity index (χ4v) is 4.03. The zero-order chi connectivity index (χ0) is 24.6. The first kappa shape index (κ1) is 23.3. The van der Waals surface area contributed by atoms with Gasteiger partial charge in [-0.2, -0.15) is 23.5 Å². The summed E-state index contributed by atoms with van der Waals surface area (Å²) < 4.78 is 44.8. The minimum atomic E-state index is -4.51. The molecule has 0 aliphatic heterocycles. The molecule has 0 bridgehead atoms. The van der Waals surface area contributed by atoms with Crippen molar-refractivity contribution in [2.24, 2.45) is 7.05 Å². The summed E-state index contributed by atoms with van der Waals surface area (Å²) >= 11 is 0. The van der Waals surface area contributed by atoms with Gasteiger partial charge in [-0.1, -0.05) is 17.2 Å². The van der Waals surface area contributed by atoms with Crippen LogP contribution in [0.1, 0.15) is 35.6 Å². The molecule has 1 unspecified atom stereocenters. The van der Waals surface area contributed by atoms with E-state index in [-0.39, 0.29) is 35.8 Å². The van der Waals surface area contributed by atoms with Gasteiger partial charge in [0.25, 0.3) is 5.89 Å². The normalized spacial score (nSPS) is 15.2. The quantitative estimate of drug-likeness (QED) is 0.504. The molecule has 176 valence electrons. The number of hydrogen-bond donors (Lipinski definition) is 2. The number of carbonyl (C=O) groups excluding carboxylic acids is 1. The fourth-order valence-electron chi connectivity index (χ4n) is 4.03. The maximum atomic E-state index is 13.1. The summed E-state index contributed by atoms with van der Waals surface area (Å²) in [4.78, 5) is 14.1. The van der Waals surface area contributed by atoms with Crippen LogP contribution in [0.25, 0.3) is 11.5 Å². The Morgan fingerprint density at radius 3 is 2.62 bits per heavy atom. The van der Waals surface area contributed by atoms with Crippen molar-refractivity contribution in [1.29, 1.82) is 5.26 Å². The lowest BCUT2D eigenvalue weighted by molar-refractivity contribution is -0.137. The van der Waals surface area contributed by atoms with Gasteiger partial charge >= 0.3 is 6.18 Å². The van der Waals surface area contributed by atoms with Gasteiger partial charge in [-0.25, -0.2) is 0 Å². The van der Waals surface area contributed by atoms with Crippen molar-refractivity contribution in [3.63, 3.8) is 0 Å². The van der Waals surface area contributed by atoms with Crippen LogP contribution in [0.2, 0.25) is 0 Å². The van der Waals surface area contributed by atoms with E-state index in [2.05, 4.69) is 10.4 Å². The van der Waals surface area contributed by atoms with Crippen molar-refractivity contribution in [1.82, 2.24) is 15.0 Å². The third-order valence-electron chi connectivity index (χ3n) is 5.52. The Kier molecular flexibility index (Phi) is 6.03. The molecule has 1 heterocycles. The predicted octanol–water partition coefficient (Wildman–Crippen LogP) is 4.66. The number of likely N-dealkylation sites (N-methyl/N-ethyl adjacent to an activating group) is 1. The zero-order valence-electron chi connectivity index (χ0n) is 18.2. The van der Waals surface area contributed by atoms with Crippen molar-refractivity contribution < 1.29 is 27.7 Å². The second-order valence-electron chi connectivity index (χ2n) is 7.87. The van der Waals surface area contributed by atoms with E-state index in [1.165, 1.54) is 36.2 Å². The van der Waals surface area contributed by atoms with Crippen molar-refractivity contribution in [2.75, 3.05) is 12.4 Å². The van der Waals surface area contributed by atoms with E-state index in [9.17, 15) is 28.4 Å². The number of hydroxylamine groups is 2. The molecule has 1 aliphatic rings. The fraction of sp³-hybridized carbons (Fsp3) is 0.261. The monoisotopic (exact) mass is 471 g/mol. The van der Waals surface area contributed by atoms with Gasteiger partial charge in [-0.05, 0) is 42.3 Å². The Morgan fingerprint density at radius 1 is 1.26 bits per heavy atom. The lowest BCUT2D eigenvalue weighted by Crippen LogP contribution is -2.27. The van der Waals surface area contributed by atoms with Crippen LogP contribution in [0, 0.1) is 11.3 Å². The molecule has 4 rings (SSSR count). The molecule has 0 saturated carbocycles. The predicted molar refractivity (Wildman–Crippen MR) is 114 cm³/mol. The first-order valence-corrected chi connectivity index (χ1v) is 10.3. The number of nitrogens with one attached hydrogen (secondary N) is 1. The molecule has 34 heavy (non-hydrogen) atoms.